The van der Waals surface area contributed by atoms with E-state index in [9.17, 15) is 18.8 Å². The molecule has 6 nitrogen and oxygen atoms in total. The minimum absolute atomic E-state index is 0.0481. The first-order chi connectivity index (χ1) is 17.0. The predicted octanol–water partition coefficient (Wildman–Crippen LogP) is 4.49. The molecule has 4 rings (SSSR count). The van der Waals surface area contributed by atoms with Crippen molar-refractivity contribution in [3.63, 3.8) is 0 Å². The van der Waals surface area contributed by atoms with Gasteiger partial charge in [-0.1, -0.05) is 18.2 Å². The van der Waals surface area contributed by atoms with Crippen LogP contribution in [0.5, 0.6) is 5.75 Å². The summed E-state index contributed by atoms with van der Waals surface area (Å²) in [6, 6.07) is 18.8. The molecule has 1 N–H and O–H groups in total. The molecule has 35 heavy (non-hydrogen) atoms. The lowest BCUT2D eigenvalue weighted by molar-refractivity contribution is 0.0697. The fourth-order valence-corrected chi connectivity index (χ4v) is 4.17. The standard InChI is InChI=1S/C28H27FN2O4/c1-2-35-23-13-9-20(10-14-23)28(34)31-17-15-22(16-18-31)30-27(33)25-6-4-3-5-24(25)26(32)19-7-11-21(29)12-8-19/h3-14,22H,2,15-18H2,1H3,(H,30,33). The Labute approximate surface area is 203 Å². The Kier molecular flexibility index (Phi) is 7.55. The van der Waals surface area contributed by atoms with Crippen LogP contribution in [0, 0.1) is 5.82 Å². The number of ketones is 1. The first-order valence-electron chi connectivity index (χ1n) is 11.7. The number of halogens is 1. The van der Waals surface area contributed by atoms with Crippen molar-refractivity contribution in [1.29, 1.82) is 0 Å². The van der Waals surface area contributed by atoms with E-state index in [0.717, 1.165) is 5.75 Å². The Morgan fingerprint density at radius 3 is 2.11 bits per heavy atom. The van der Waals surface area contributed by atoms with Crippen LogP contribution in [0.3, 0.4) is 0 Å². The molecule has 0 unspecified atom stereocenters. The lowest BCUT2D eigenvalue weighted by Crippen LogP contribution is -2.46. The van der Waals surface area contributed by atoms with Crippen molar-refractivity contribution in [2.45, 2.75) is 25.8 Å². The highest BCUT2D eigenvalue weighted by Crippen LogP contribution is 2.19. The van der Waals surface area contributed by atoms with Gasteiger partial charge in [0.05, 0.1) is 12.2 Å². The Morgan fingerprint density at radius 2 is 1.49 bits per heavy atom. The van der Waals surface area contributed by atoms with Crippen LogP contribution in [-0.2, 0) is 0 Å². The zero-order valence-corrected chi connectivity index (χ0v) is 19.5. The summed E-state index contributed by atoms with van der Waals surface area (Å²) in [5.41, 5.74) is 1.45. The van der Waals surface area contributed by atoms with Crippen LogP contribution in [0.15, 0.2) is 72.8 Å². The summed E-state index contributed by atoms with van der Waals surface area (Å²) in [6.07, 6.45) is 1.23. The van der Waals surface area contributed by atoms with Crippen molar-refractivity contribution in [2.75, 3.05) is 19.7 Å². The van der Waals surface area contributed by atoms with E-state index >= 15 is 0 Å². The van der Waals surface area contributed by atoms with Crippen LogP contribution in [0.4, 0.5) is 4.39 Å². The van der Waals surface area contributed by atoms with Gasteiger partial charge in [-0.25, -0.2) is 4.39 Å². The van der Waals surface area contributed by atoms with Gasteiger partial charge in [-0.3, -0.25) is 14.4 Å². The Balaban J connectivity index is 1.37. The number of carbonyl (C=O) groups is 3. The number of hydrogen-bond acceptors (Lipinski definition) is 4. The summed E-state index contributed by atoms with van der Waals surface area (Å²) in [4.78, 5) is 40.6. The lowest BCUT2D eigenvalue weighted by Gasteiger charge is -2.32. The fourth-order valence-electron chi connectivity index (χ4n) is 4.17. The zero-order chi connectivity index (χ0) is 24.8. The van der Waals surface area contributed by atoms with Crippen LogP contribution in [0.2, 0.25) is 0 Å². The molecule has 1 fully saturated rings. The maximum atomic E-state index is 13.2. The summed E-state index contributed by atoms with van der Waals surface area (Å²) in [7, 11) is 0. The first kappa shape index (κ1) is 24.1. The number of ether oxygens (including phenoxy) is 1. The van der Waals surface area contributed by atoms with Gasteiger partial charge in [-0.2, -0.15) is 0 Å². The third-order valence-electron chi connectivity index (χ3n) is 6.05. The number of nitrogens with zero attached hydrogens (tertiary/aromatic N) is 1. The summed E-state index contributed by atoms with van der Waals surface area (Å²) in [6.45, 7) is 3.52. The SMILES string of the molecule is CCOc1ccc(C(=O)N2CCC(NC(=O)c3ccccc3C(=O)c3ccc(F)cc3)CC2)cc1. The predicted molar refractivity (Wildman–Crippen MR) is 130 cm³/mol. The number of hydrogen-bond donors (Lipinski definition) is 1. The Hall–Kier alpha value is -4.00. The van der Waals surface area contributed by atoms with E-state index in [1.807, 2.05) is 6.92 Å². The van der Waals surface area contributed by atoms with Crippen LogP contribution in [-0.4, -0.2) is 48.2 Å². The van der Waals surface area contributed by atoms with Crippen molar-refractivity contribution >= 4 is 17.6 Å². The number of carbonyl (C=O) groups excluding carboxylic acids is 3. The van der Waals surface area contributed by atoms with Crippen molar-refractivity contribution < 1.29 is 23.5 Å². The quantitative estimate of drug-likeness (QED) is 0.512. The van der Waals surface area contributed by atoms with Gasteiger partial charge in [-0.15, -0.1) is 0 Å². The topological polar surface area (TPSA) is 75.7 Å². The smallest absolute Gasteiger partial charge is 0.253 e. The van der Waals surface area contributed by atoms with E-state index in [1.54, 1.807) is 53.4 Å². The first-order valence-corrected chi connectivity index (χ1v) is 11.7. The molecule has 1 saturated heterocycles. The summed E-state index contributed by atoms with van der Waals surface area (Å²) in [5, 5.41) is 3.01. The summed E-state index contributed by atoms with van der Waals surface area (Å²) in [5.74, 6) is -0.435. The van der Waals surface area contributed by atoms with E-state index < -0.39 is 5.82 Å². The van der Waals surface area contributed by atoms with Gasteiger partial charge in [-0.05, 0) is 74.4 Å². The number of rotatable bonds is 7. The largest absolute Gasteiger partial charge is 0.494 e. The van der Waals surface area contributed by atoms with Crippen LogP contribution in [0.25, 0.3) is 0 Å². The molecule has 0 saturated carbocycles. The average Bonchev–Trinajstić information content (AvgIpc) is 2.89. The summed E-state index contributed by atoms with van der Waals surface area (Å²) < 4.78 is 18.7. The molecule has 180 valence electrons. The van der Waals surface area contributed by atoms with Crippen LogP contribution < -0.4 is 10.1 Å². The van der Waals surface area contributed by atoms with Crippen molar-refractivity contribution in [2.24, 2.45) is 0 Å². The van der Waals surface area contributed by atoms with Crippen molar-refractivity contribution in [3.05, 3.63) is 101 Å². The van der Waals surface area contributed by atoms with Crippen LogP contribution >= 0.6 is 0 Å². The molecule has 7 heteroatoms. The molecule has 1 aliphatic rings. The molecule has 0 atom stereocenters. The van der Waals surface area contributed by atoms with Gasteiger partial charge >= 0.3 is 0 Å². The molecule has 3 aromatic carbocycles. The second kappa shape index (κ2) is 11.0. The third kappa shape index (κ3) is 5.74. The molecule has 3 aromatic rings. The molecule has 2 amide bonds. The molecule has 1 aliphatic heterocycles. The Bertz CT molecular complexity index is 1200. The van der Waals surface area contributed by atoms with E-state index in [0.29, 0.717) is 43.7 Å². The second-order valence-electron chi connectivity index (χ2n) is 8.38. The molecule has 0 aliphatic carbocycles. The van der Waals surface area contributed by atoms with Gasteiger partial charge in [0.15, 0.2) is 5.78 Å². The van der Waals surface area contributed by atoms with Crippen molar-refractivity contribution in [1.82, 2.24) is 10.2 Å². The lowest BCUT2D eigenvalue weighted by atomic mass is 9.97. The second-order valence-corrected chi connectivity index (χ2v) is 8.38. The van der Waals surface area contributed by atoms with Crippen molar-refractivity contribution in [3.8, 4) is 5.75 Å². The number of amides is 2. The maximum absolute atomic E-state index is 13.2. The number of likely N-dealkylation sites (tertiary alicyclic amines) is 1. The molecule has 0 aromatic heterocycles. The van der Waals surface area contributed by atoms with E-state index in [2.05, 4.69) is 5.32 Å². The van der Waals surface area contributed by atoms with Crippen LogP contribution in [0.1, 0.15) is 56.4 Å². The van der Waals surface area contributed by atoms with Gasteiger partial charge in [0.25, 0.3) is 11.8 Å². The molecule has 0 radical (unpaired) electrons. The fraction of sp³-hybridized carbons (Fsp3) is 0.250. The average molecular weight is 475 g/mol. The number of piperidine rings is 1. The minimum Gasteiger partial charge on any atom is -0.494 e. The summed E-state index contributed by atoms with van der Waals surface area (Å²) >= 11 is 0. The number of benzene rings is 3. The highest BCUT2D eigenvalue weighted by Gasteiger charge is 2.26. The minimum atomic E-state index is -0.431. The highest BCUT2D eigenvalue weighted by atomic mass is 19.1. The maximum Gasteiger partial charge on any atom is 0.253 e. The molecule has 0 spiro atoms. The molecular formula is C28H27FN2O4. The van der Waals surface area contributed by atoms with Gasteiger partial charge < -0.3 is 15.0 Å². The normalized spacial score (nSPS) is 13.8. The molecule has 0 bridgehead atoms. The Morgan fingerprint density at radius 1 is 0.886 bits per heavy atom. The van der Waals surface area contributed by atoms with E-state index in [4.69, 9.17) is 4.74 Å². The highest BCUT2D eigenvalue weighted by molar-refractivity contribution is 6.15. The molecule has 1 heterocycles. The van der Waals surface area contributed by atoms with E-state index in [1.165, 1.54) is 24.3 Å². The van der Waals surface area contributed by atoms with Gasteiger partial charge in [0.2, 0.25) is 0 Å². The number of nitrogens with one attached hydrogen (secondary N) is 1. The third-order valence-corrected chi connectivity index (χ3v) is 6.05. The van der Waals surface area contributed by atoms with E-state index in [-0.39, 0.29) is 34.8 Å². The van der Waals surface area contributed by atoms with Gasteiger partial charge in [0.1, 0.15) is 11.6 Å². The monoisotopic (exact) mass is 474 g/mol. The molecular weight excluding hydrogens is 447 g/mol. The van der Waals surface area contributed by atoms with Gasteiger partial charge in [0, 0.05) is 35.8 Å². The zero-order valence-electron chi connectivity index (χ0n) is 19.5.